The Morgan fingerprint density at radius 3 is 2.66 bits per heavy atom. The zero-order valence-corrected chi connectivity index (χ0v) is 26.9. The fourth-order valence-corrected chi connectivity index (χ4v) is 6.34. The van der Waals surface area contributed by atoms with Crippen LogP contribution in [-0.2, 0) is 18.0 Å². The molecule has 248 valence electrons. The van der Waals surface area contributed by atoms with E-state index in [0.29, 0.717) is 53.8 Å². The minimum atomic E-state index is -2.83. The van der Waals surface area contributed by atoms with Crippen molar-refractivity contribution in [1.82, 2.24) is 9.88 Å². The van der Waals surface area contributed by atoms with E-state index in [0.717, 1.165) is 6.54 Å². The number of likely N-dealkylation sites (tertiary alicyclic amines) is 1. The lowest BCUT2D eigenvalue weighted by molar-refractivity contribution is -0.144. The molecule has 11 heteroatoms. The molecule has 2 aromatic carbocycles. The topological polar surface area (TPSA) is 108 Å². The lowest BCUT2D eigenvalue weighted by atomic mass is 9.64. The van der Waals surface area contributed by atoms with Crippen molar-refractivity contribution >= 4 is 17.2 Å². The molecule has 3 atom stereocenters. The van der Waals surface area contributed by atoms with E-state index in [9.17, 15) is 15.5 Å². The predicted octanol–water partition coefficient (Wildman–Crippen LogP) is 6.19. The molecule has 2 aliphatic rings. The molecule has 2 unspecified atom stereocenters. The number of benzene rings is 2. The van der Waals surface area contributed by atoms with Gasteiger partial charge in [0.05, 0.1) is 28.7 Å². The Kier molecular flexibility index (Phi) is 11.3. The van der Waals surface area contributed by atoms with E-state index < -0.39 is 17.4 Å². The molecule has 0 saturated carbocycles. The molecule has 1 aromatic heterocycles. The average Bonchev–Trinajstić information content (AvgIpc) is 3.51. The summed E-state index contributed by atoms with van der Waals surface area (Å²) in [5.41, 5.74) is -0.938. The third-order valence-corrected chi connectivity index (χ3v) is 9.16. The standard InChI is InChI=1S/C36H38ClF2N3O5/c1-35(34(38)39)30(27-7-3-2-4-8-27)9-5-11-36(35,47-14-6-12-42-13-10-29(44)21-42)24-46-33-17-32(28(22-43)16-31(33)37)45-23-26-15-25(18-40)19-41-20-26/h2-5,7-9,11,15-17,19-20,29,34,43-44H,6,10,12-14,21-24H2,1H3/t29?,35-,36?/m0/s1. The molecule has 1 fully saturated rings. The molecule has 47 heavy (non-hydrogen) atoms. The summed E-state index contributed by atoms with van der Waals surface area (Å²) >= 11 is 6.59. The van der Waals surface area contributed by atoms with E-state index in [1.807, 2.05) is 12.1 Å². The van der Waals surface area contributed by atoms with E-state index in [4.69, 9.17) is 25.8 Å². The fraction of sp³-hybridized carbons (Fsp3) is 0.389. The number of hydrogen-bond donors (Lipinski definition) is 2. The summed E-state index contributed by atoms with van der Waals surface area (Å²) in [5, 5.41) is 29.2. The molecule has 0 spiro atoms. The van der Waals surface area contributed by atoms with Gasteiger partial charge in [-0.25, -0.2) is 8.78 Å². The van der Waals surface area contributed by atoms with Crippen molar-refractivity contribution in [2.75, 3.05) is 32.8 Å². The summed E-state index contributed by atoms with van der Waals surface area (Å²) in [5.74, 6) is 0.440. The highest BCUT2D eigenvalue weighted by Crippen LogP contribution is 2.53. The number of ether oxygens (including phenoxy) is 3. The highest BCUT2D eigenvalue weighted by atomic mass is 35.5. The minimum absolute atomic E-state index is 0.0507. The van der Waals surface area contributed by atoms with Gasteiger partial charge in [0.1, 0.15) is 36.4 Å². The minimum Gasteiger partial charge on any atom is -0.488 e. The summed E-state index contributed by atoms with van der Waals surface area (Å²) in [7, 11) is 0. The number of nitriles is 1. The zero-order valence-electron chi connectivity index (χ0n) is 26.1. The Hall–Kier alpha value is -3.85. The van der Waals surface area contributed by atoms with Crippen LogP contribution >= 0.6 is 11.6 Å². The molecule has 5 rings (SSSR count). The third-order valence-electron chi connectivity index (χ3n) is 8.86. The molecule has 3 aromatic rings. The predicted molar refractivity (Wildman–Crippen MR) is 174 cm³/mol. The zero-order chi connectivity index (χ0) is 33.4. The summed E-state index contributed by atoms with van der Waals surface area (Å²) < 4.78 is 49.6. The molecule has 1 aliphatic carbocycles. The number of alkyl halides is 2. The van der Waals surface area contributed by atoms with E-state index in [1.54, 1.807) is 54.8 Å². The Labute approximate surface area is 278 Å². The van der Waals surface area contributed by atoms with Crippen LogP contribution in [0, 0.1) is 16.7 Å². The summed E-state index contributed by atoms with van der Waals surface area (Å²) in [6, 6.07) is 15.7. The van der Waals surface area contributed by atoms with Crippen molar-refractivity contribution in [2.24, 2.45) is 5.41 Å². The lowest BCUT2D eigenvalue weighted by Gasteiger charge is -2.49. The largest absolute Gasteiger partial charge is 0.488 e. The van der Waals surface area contributed by atoms with Gasteiger partial charge in [-0.3, -0.25) is 4.98 Å². The molecule has 8 nitrogen and oxygen atoms in total. The van der Waals surface area contributed by atoms with Crippen LogP contribution in [0.3, 0.4) is 0 Å². The fourth-order valence-electron chi connectivity index (χ4n) is 6.10. The molecular formula is C36H38ClF2N3O5. The number of aliphatic hydroxyl groups excluding tert-OH is 2. The number of pyridine rings is 1. The maximum absolute atomic E-state index is 15.5. The SMILES string of the molecule is C[C@@]1(C(F)F)C(c2ccccc2)=CC=CC1(COc1cc(OCc2cncc(C#N)c2)c(CO)cc1Cl)OCCCN1CCC(O)C1. The second-order valence-electron chi connectivity index (χ2n) is 12.0. The molecule has 0 bridgehead atoms. The van der Waals surface area contributed by atoms with Gasteiger partial charge in [-0.2, -0.15) is 5.26 Å². The number of rotatable bonds is 14. The number of halogens is 3. The van der Waals surface area contributed by atoms with Crippen molar-refractivity contribution in [3.63, 3.8) is 0 Å². The van der Waals surface area contributed by atoms with Crippen molar-refractivity contribution in [3.8, 4) is 17.6 Å². The van der Waals surface area contributed by atoms with Gasteiger partial charge in [0.2, 0.25) is 0 Å². The van der Waals surface area contributed by atoms with Gasteiger partial charge in [-0.15, -0.1) is 0 Å². The van der Waals surface area contributed by atoms with Crippen molar-refractivity contribution < 1.29 is 33.2 Å². The van der Waals surface area contributed by atoms with Gasteiger partial charge < -0.3 is 29.3 Å². The van der Waals surface area contributed by atoms with Crippen LogP contribution in [0.2, 0.25) is 5.02 Å². The second-order valence-corrected chi connectivity index (χ2v) is 12.4. The highest BCUT2D eigenvalue weighted by molar-refractivity contribution is 6.32. The second kappa shape index (κ2) is 15.4. The van der Waals surface area contributed by atoms with Gasteiger partial charge in [-0.05, 0) is 49.1 Å². The molecule has 0 amide bonds. The van der Waals surface area contributed by atoms with Gasteiger partial charge in [0.25, 0.3) is 6.43 Å². The van der Waals surface area contributed by atoms with Gasteiger partial charge in [-0.1, -0.05) is 54.1 Å². The number of hydrogen-bond acceptors (Lipinski definition) is 8. The first-order chi connectivity index (χ1) is 22.7. The monoisotopic (exact) mass is 665 g/mol. The average molecular weight is 666 g/mol. The van der Waals surface area contributed by atoms with Gasteiger partial charge >= 0.3 is 0 Å². The number of nitrogens with zero attached hydrogens (tertiary/aromatic N) is 3. The van der Waals surface area contributed by atoms with Crippen molar-refractivity contribution in [3.05, 3.63) is 106 Å². The summed E-state index contributed by atoms with van der Waals surface area (Å²) in [6.45, 7) is 3.06. The van der Waals surface area contributed by atoms with Crippen LogP contribution in [0.15, 0.2) is 79.2 Å². The quantitative estimate of drug-likeness (QED) is 0.196. The number of aliphatic hydroxyl groups is 2. The number of allylic oxidation sites excluding steroid dienone is 2. The Morgan fingerprint density at radius 2 is 1.96 bits per heavy atom. The smallest absolute Gasteiger partial charge is 0.251 e. The van der Waals surface area contributed by atoms with Crippen molar-refractivity contribution in [1.29, 1.82) is 5.26 Å². The number of β-amino-alcohol motifs (C(OH)–C–C–N with tert-alkyl or cyclic N) is 1. The van der Waals surface area contributed by atoms with Crippen LogP contribution in [0.1, 0.15) is 42.0 Å². The van der Waals surface area contributed by atoms with Crippen LogP contribution in [-0.4, -0.2) is 71.1 Å². The molecule has 1 aliphatic heterocycles. The van der Waals surface area contributed by atoms with E-state index in [2.05, 4.69) is 9.88 Å². The maximum Gasteiger partial charge on any atom is 0.251 e. The first-order valence-electron chi connectivity index (χ1n) is 15.5. The Morgan fingerprint density at radius 1 is 1.15 bits per heavy atom. The first kappa shape index (κ1) is 34.5. The first-order valence-corrected chi connectivity index (χ1v) is 15.9. The van der Waals surface area contributed by atoms with Crippen LogP contribution in [0.4, 0.5) is 8.78 Å². The highest BCUT2D eigenvalue weighted by Gasteiger charge is 2.58. The van der Waals surface area contributed by atoms with E-state index in [1.165, 1.54) is 25.3 Å². The molecule has 0 radical (unpaired) electrons. The van der Waals surface area contributed by atoms with Gasteiger partial charge in [0.15, 0.2) is 0 Å². The Bertz CT molecular complexity index is 1630. The molecule has 2 N–H and O–H groups in total. The Balaban J connectivity index is 1.42. The van der Waals surface area contributed by atoms with Crippen LogP contribution in [0.25, 0.3) is 5.57 Å². The van der Waals surface area contributed by atoms with Crippen LogP contribution in [0.5, 0.6) is 11.5 Å². The molecule has 2 heterocycles. The molecular weight excluding hydrogens is 628 g/mol. The van der Waals surface area contributed by atoms with Crippen LogP contribution < -0.4 is 9.47 Å². The normalized spacial score (nSPS) is 22.7. The van der Waals surface area contributed by atoms with Gasteiger partial charge in [0, 0.05) is 55.8 Å². The lowest BCUT2D eigenvalue weighted by Crippen LogP contribution is -2.57. The van der Waals surface area contributed by atoms with E-state index >= 15 is 8.78 Å². The maximum atomic E-state index is 15.5. The summed E-state index contributed by atoms with van der Waals surface area (Å²) in [6.07, 6.45) is 6.15. The summed E-state index contributed by atoms with van der Waals surface area (Å²) in [4.78, 5) is 6.18. The number of aromatic nitrogens is 1. The molecule has 1 saturated heterocycles. The third kappa shape index (κ3) is 7.67. The van der Waals surface area contributed by atoms with Crippen molar-refractivity contribution in [2.45, 2.75) is 51.1 Å². The van der Waals surface area contributed by atoms with E-state index in [-0.39, 0.29) is 49.1 Å².